The van der Waals surface area contributed by atoms with Crippen LogP contribution >= 0.6 is 0 Å². The highest BCUT2D eigenvalue weighted by Crippen LogP contribution is 2.36. The number of urea groups is 1. The molecule has 2 aliphatic heterocycles. The van der Waals surface area contributed by atoms with Crippen molar-refractivity contribution in [3.63, 3.8) is 0 Å². The summed E-state index contributed by atoms with van der Waals surface area (Å²) in [6, 6.07) is 27.2. The second kappa shape index (κ2) is 13.9. The quantitative estimate of drug-likeness (QED) is 0.322. The van der Waals surface area contributed by atoms with E-state index in [1.165, 1.54) is 28.7 Å². The van der Waals surface area contributed by atoms with E-state index in [0.717, 1.165) is 70.4 Å². The van der Waals surface area contributed by atoms with Crippen molar-refractivity contribution in [2.45, 2.75) is 51.0 Å². The van der Waals surface area contributed by atoms with Gasteiger partial charge in [-0.1, -0.05) is 85.5 Å². The van der Waals surface area contributed by atoms with Gasteiger partial charge < -0.3 is 25.8 Å². The number of carbonyl (C=O) groups is 2. The summed E-state index contributed by atoms with van der Waals surface area (Å²) in [5.74, 6) is 0.0167. The average Bonchev–Trinajstić information content (AvgIpc) is 3.07. The highest BCUT2D eigenvalue weighted by molar-refractivity contribution is 5.99. The number of nitrogens with one attached hydrogen (secondary N) is 3. The molecule has 7 heteroatoms. The van der Waals surface area contributed by atoms with Crippen molar-refractivity contribution in [1.29, 1.82) is 0 Å². The number of piperidine rings is 1. The van der Waals surface area contributed by atoms with Crippen molar-refractivity contribution in [3.05, 3.63) is 101 Å². The predicted molar refractivity (Wildman–Crippen MR) is 175 cm³/mol. The molecule has 3 fully saturated rings. The molecule has 0 spiro atoms. The fraction of sp³-hybridized carbons (Fsp3) is 0.389. The Bertz CT molecular complexity index is 1380. The molecule has 6 rings (SSSR count). The zero-order valence-electron chi connectivity index (χ0n) is 25.0. The first-order valence-electron chi connectivity index (χ1n) is 15.9. The first-order chi connectivity index (χ1) is 21.2. The third kappa shape index (κ3) is 7.11. The standard InChI is InChI=1S/C36H43N5O2/c42-35(41-24-20-37-21-25-41)30-16-17-33(32(26-30)39-36(43)38-31-14-8-3-9-15-31)40-22-18-29(19-23-40)34(27-10-4-1-5-11-27)28-12-6-2-7-13-28/h1-2,4-7,10-13,16-17,26,31,37H,3,8-9,14-15,18-25H2,(H2,38,39,43). The maximum Gasteiger partial charge on any atom is 0.319 e. The third-order valence-corrected chi connectivity index (χ3v) is 9.02. The van der Waals surface area contributed by atoms with Crippen LogP contribution in [0.15, 0.2) is 84.4 Å². The van der Waals surface area contributed by atoms with Gasteiger partial charge in [-0.2, -0.15) is 0 Å². The second-order valence-corrected chi connectivity index (χ2v) is 11.9. The summed E-state index contributed by atoms with van der Waals surface area (Å²) >= 11 is 0. The Kier molecular flexibility index (Phi) is 9.38. The minimum absolute atomic E-state index is 0.0167. The largest absolute Gasteiger partial charge is 0.369 e. The molecule has 2 saturated heterocycles. The van der Waals surface area contributed by atoms with E-state index < -0.39 is 0 Å². The van der Waals surface area contributed by atoms with Gasteiger partial charge in [-0.15, -0.1) is 0 Å². The van der Waals surface area contributed by atoms with Gasteiger partial charge in [-0.05, 0) is 60.6 Å². The molecule has 3 aromatic rings. The molecule has 0 atom stereocenters. The Morgan fingerprint density at radius 1 is 0.721 bits per heavy atom. The number of benzene rings is 3. The highest BCUT2D eigenvalue weighted by atomic mass is 16.2. The summed E-state index contributed by atoms with van der Waals surface area (Å²) in [6.45, 7) is 4.66. The van der Waals surface area contributed by atoms with E-state index in [1.54, 1.807) is 0 Å². The van der Waals surface area contributed by atoms with Gasteiger partial charge in [0.1, 0.15) is 0 Å². The average molecular weight is 578 g/mol. The number of rotatable bonds is 6. The van der Waals surface area contributed by atoms with E-state index in [9.17, 15) is 9.59 Å². The molecule has 3 N–H and O–H groups in total. The van der Waals surface area contributed by atoms with E-state index in [4.69, 9.17) is 0 Å². The zero-order chi connectivity index (χ0) is 29.4. The lowest BCUT2D eigenvalue weighted by Crippen LogP contribution is -2.46. The van der Waals surface area contributed by atoms with Gasteiger partial charge in [-0.3, -0.25) is 4.79 Å². The number of nitrogens with zero attached hydrogens (tertiary/aromatic N) is 2. The van der Waals surface area contributed by atoms with Crippen LogP contribution in [0.1, 0.15) is 66.4 Å². The normalized spacial score (nSPS) is 17.8. The molecule has 0 radical (unpaired) electrons. The van der Waals surface area contributed by atoms with Crippen LogP contribution < -0.4 is 20.9 Å². The molecule has 224 valence electrons. The van der Waals surface area contributed by atoms with Gasteiger partial charge >= 0.3 is 6.03 Å². The number of piperazine rings is 1. The van der Waals surface area contributed by atoms with Crippen LogP contribution in [0.3, 0.4) is 0 Å². The summed E-state index contributed by atoms with van der Waals surface area (Å²) < 4.78 is 0. The molecular weight excluding hydrogens is 534 g/mol. The van der Waals surface area contributed by atoms with E-state index in [1.807, 2.05) is 23.1 Å². The number of hydrogen-bond acceptors (Lipinski definition) is 4. The number of anilines is 2. The van der Waals surface area contributed by atoms with Crippen LogP contribution in [0.4, 0.5) is 16.2 Å². The number of amides is 3. The molecular formula is C36H43N5O2. The number of hydrogen-bond donors (Lipinski definition) is 3. The van der Waals surface area contributed by atoms with Gasteiger partial charge in [-0.25, -0.2) is 4.79 Å². The fourth-order valence-corrected chi connectivity index (χ4v) is 6.74. The molecule has 0 bridgehead atoms. The Hall–Kier alpha value is -4.10. The van der Waals surface area contributed by atoms with Crippen molar-refractivity contribution in [2.75, 3.05) is 49.5 Å². The molecule has 7 nitrogen and oxygen atoms in total. The minimum atomic E-state index is -0.187. The second-order valence-electron chi connectivity index (χ2n) is 11.9. The summed E-state index contributed by atoms with van der Waals surface area (Å²) in [4.78, 5) is 30.8. The first-order valence-corrected chi connectivity index (χ1v) is 15.9. The van der Waals surface area contributed by atoms with Gasteiger partial charge in [0, 0.05) is 50.9 Å². The van der Waals surface area contributed by atoms with Crippen molar-refractivity contribution in [1.82, 2.24) is 15.5 Å². The van der Waals surface area contributed by atoms with Crippen LogP contribution in [-0.2, 0) is 0 Å². The van der Waals surface area contributed by atoms with Gasteiger partial charge in [0.25, 0.3) is 5.91 Å². The van der Waals surface area contributed by atoms with Crippen LogP contribution in [0, 0.1) is 0 Å². The van der Waals surface area contributed by atoms with Gasteiger partial charge in [0.2, 0.25) is 0 Å². The Labute approximate surface area is 255 Å². The fourth-order valence-electron chi connectivity index (χ4n) is 6.74. The minimum Gasteiger partial charge on any atom is -0.369 e. The highest BCUT2D eigenvalue weighted by Gasteiger charge is 2.25. The van der Waals surface area contributed by atoms with Crippen molar-refractivity contribution >= 4 is 28.9 Å². The maximum absolute atomic E-state index is 13.4. The molecule has 3 amide bonds. The smallest absolute Gasteiger partial charge is 0.319 e. The molecule has 1 aliphatic carbocycles. The SMILES string of the molecule is O=C(Nc1cc(C(=O)N2CCNCC2)ccc1N1CCC(=C(c2ccccc2)c2ccccc2)CC1)NC1CCCCC1. The van der Waals surface area contributed by atoms with E-state index in [2.05, 4.69) is 81.5 Å². The Balaban J connectivity index is 1.25. The van der Waals surface area contributed by atoms with Crippen LogP contribution in [0.5, 0.6) is 0 Å². The molecule has 43 heavy (non-hydrogen) atoms. The Morgan fingerprint density at radius 3 is 1.98 bits per heavy atom. The lowest BCUT2D eigenvalue weighted by atomic mass is 9.88. The van der Waals surface area contributed by atoms with Crippen LogP contribution in [-0.4, -0.2) is 62.1 Å². The summed E-state index contributed by atoms with van der Waals surface area (Å²) in [6.07, 6.45) is 7.44. The third-order valence-electron chi connectivity index (χ3n) is 9.02. The summed E-state index contributed by atoms with van der Waals surface area (Å²) in [5.41, 5.74) is 7.55. The van der Waals surface area contributed by atoms with Crippen LogP contribution in [0.25, 0.3) is 5.57 Å². The maximum atomic E-state index is 13.4. The van der Waals surface area contributed by atoms with E-state index in [0.29, 0.717) is 24.3 Å². The van der Waals surface area contributed by atoms with Gasteiger partial charge in [0.15, 0.2) is 0 Å². The van der Waals surface area contributed by atoms with E-state index in [-0.39, 0.29) is 18.0 Å². The van der Waals surface area contributed by atoms with Crippen molar-refractivity contribution in [2.24, 2.45) is 0 Å². The lowest BCUT2D eigenvalue weighted by Gasteiger charge is -2.34. The predicted octanol–water partition coefficient (Wildman–Crippen LogP) is 6.29. The topological polar surface area (TPSA) is 76.7 Å². The van der Waals surface area contributed by atoms with Crippen molar-refractivity contribution < 1.29 is 9.59 Å². The molecule has 3 aromatic carbocycles. The first kappa shape index (κ1) is 29.0. The summed E-state index contributed by atoms with van der Waals surface area (Å²) in [5, 5.41) is 9.65. The molecule has 3 aliphatic rings. The number of carbonyl (C=O) groups excluding carboxylic acids is 2. The van der Waals surface area contributed by atoms with E-state index >= 15 is 0 Å². The lowest BCUT2D eigenvalue weighted by molar-refractivity contribution is 0.0736. The molecule has 0 aromatic heterocycles. The molecule has 2 heterocycles. The molecule has 0 unspecified atom stereocenters. The zero-order valence-corrected chi connectivity index (χ0v) is 25.0. The summed E-state index contributed by atoms with van der Waals surface area (Å²) in [7, 11) is 0. The van der Waals surface area contributed by atoms with Crippen molar-refractivity contribution in [3.8, 4) is 0 Å². The van der Waals surface area contributed by atoms with Crippen LogP contribution in [0.2, 0.25) is 0 Å². The molecule has 1 saturated carbocycles. The van der Waals surface area contributed by atoms with Gasteiger partial charge in [0.05, 0.1) is 11.4 Å². The Morgan fingerprint density at radius 2 is 1.35 bits per heavy atom. The monoisotopic (exact) mass is 577 g/mol.